The molecule has 0 saturated heterocycles. The highest BCUT2D eigenvalue weighted by Crippen LogP contribution is 2.14. The average molecular weight is 213 g/mol. The number of nitro groups is 1. The number of nitro benzene ring substituents is 1. The van der Waals surface area contributed by atoms with Crippen LogP contribution < -0.4 is 0 Å². The predicted molar refractivity (Wildman–Crippen MR) is 56.9 cm³/mol. The summed E-state index contributed by atoms with van der Waals surface area (Å²) in [5, 5.41) is 18.8. The Morgan fingerprint density at radius 1 is 1.27 bits per heavy atom. The molecule has 0 radical (unpaired) electrons. The summed E-state index contributed by atoms with van der Waals surface area (Å²) in [5.74, 6) is 0.0330. The van der Waals surface area contributed by atoms with Gasteiger partial charge in [-0.3, -0.25) is 10.1 Å². The Labute approximate surface area is 88.5 Å². The van der Waals surface area contributed by atoms with E-state index in [1.165, 1.54) is 24.3 Å². The van der Waals surface area contributed by atoms with Crippen molar-refractivity contribution in [1.82, 2.24) is 0 Å². The Morgan fingerprint density at radius 3 is 2.00 bits per heavy atom. The molecule has 5 nitrogen and oxygen atoms in total. The molecule has 0 unspecified atom stereocenters. The monoisotopic (exact) mass is 213 g/mol. The zero-order valence-corrected chi connectivity index (χ0v) is 8.84. The van der Waals surface area contributed by atoms with E-state index in [1.54, 1.807) is 0 Å². The van der Waals surface area contributed by atoms with Crippen molar-refractivity contribution in [2.75, 3.05) is 13.2 Å². The topological polar surface area (TPSA) is 72.6 Å². The fourth-order valence-corrected chi connectivity index (χ4v) is 0.778. The Morgan fingerprint density at radius 2 is 1.73 bits per heavy atom. The first-order chi connectivity index (χ1) is 7.11. The van der Waals surface area contributed by atoms with Crippen LogP contribution in [0.15, 0.2) is 24.3 Å². The summed E-state index contributed by atoms with van der Waals surface area (Å²) in [6.45, 7) is 5.67. The van der Waals surface area contributed by atoms with Gasteiger partial charge >= 0.3 is 0 Å². The first kappa shape index (κ1) is 13.4. The number of phenols is 1. The van der Waals surface area contributed by atoms with E-state index in [4.69, 9.17) is 9.84 Å². The van der Waals surface area contributed by atoms with Crippen LogP contribution in [0.2, 0.25) is 0 Å². The van der Waals surface area contributed by atoms with Crippen LogP contribution in [0.4, 0.5) is 5.69 Å². The predicted octanol–water partition coefficient (Wildman–Crippen LogP) is 2.34. The molecule has 1 rings (SSSR count). The lowest BCUT2D eigenvalue weighted by Crippen LogP contribution is -1.85. The van der Waals surface area contributed by atoms with Gasteiger partial charge in [-0.15, -0.1) is 0 Å². The van der Waals surface area contributed by atoms with Crippen LogP contribution in [-0.2, 0) is 4.74 Å². The second kappa shape index (κ2) is 7.75. The Balaban J connectivity index is 0.000000336. The fourth-order valence-electron chi connectivity index (χ4n) is 0.778. The second-order valence-electron chi connectivity index (χ2n) is 2.55. The first-order valence-corrected chi connectivity index (χ1v) is 4.63. The molecule has 0 bridgehead atoms. The average Bonchev–Trinajstić information content (AvgIpc) is 2.20. The van der Waals surface area contributed by atoms with E-state index in [0.29, 0.717) is 0 Å². The number of rotatable bonds is 3. The van der Waals surface area contributed by atoms with E-state index in [2.05, 4.69) is 0 Å². The maximum absolute atomic E-state index is 10.0. The lowest BCUT2D eigenvalue weighted by atomic mass is 10.3. The standard InChI is InChI=1S/C6H5NO3.C4H10O/c8-6-3-1-5(2-4-6)7(9)10;1-3-5-4-2/h1-4,8H;3-4H2,1-2H3. The Hall–Kier alpha value is -1.62. The summed E-state index contributed by atoms with van der Waals surface area (Å²) < 4.78 is 4.83. The Bertz CT molecular complexity index is 282. The molecule has 0 aromatic heterocycles. The van der Waals surface area contributed by atoms with Crippen LogP contribution in [0.5, 0.6) is 5.75 Å². The van der Waals surface area contributed by atoms with E-state index in [-0.39, 0.29) is 11.4 Å². The molecule has 0 heterocycles. The van der Waals surface area contributed by atoms with Crippen LogP contribution in [0.3, 0.4) is 0 Å². The van der Waals surface area contributed by atoms with E-state index < -0.39 is 4.92 Å². The van der Waals surface area contributed by atoms with Crippen LogP contribution in [-0.4, -0.2) is 23.2 Å². The van der Waals surface area contributed by atoms with Gasteiger partial charge in [0.1, 0.15) is 5.75 Å². The second-order valence-corrected chi connectivity index (χ2v) is 2.55. The van der Waals surface area contributed by atoms with Crippen molar-refractivity contribution in [1.29, 1.82) is 0 Å². The molecule has 0 atom stereocenters. The molecule has 0 aliphatic heterocycles. The van der Waals surface area contributed by atoms with Crippen LogP contribution in [0.25, 0.3) is 0 Å². The number of ether oxygens (including phenoxy) is 1. The van der Waals surface area contributed by atoms with Gasteiger partial charge in [0.15, 0.2) is 0 Å². The summed E-state index contributed by atoms with van der Waals surface area (Å²) in [7, 11) is 0. The third-order valence-corrected chi connectivity index (χ3v) is 1.47. The van der Waals surface area contributed by atoms with Gasteiger partial charge < -0.3 is 9.84 Å². The van der Waals surface area contributed by atoms with Gasteiger partial charge in [0, 0.05) is 25.3 Å². The molecule has 0 aliphatic carbocycles. The van der Waals surface area contributed by atoms with Gasteiger partial charge in [0.25, 0.3) is 5.69 Å². The molecule has 0 aliphatic rings. The smallest absolute Gasteiger partial charge is 0.269 e. The number of phenolic OH excluding ortho intramolecular Hbond substituents is 1. The van der Waals surface area contributed by atoms with E-state index in [9.17, 15) is 10.1 Å². The summed E-state index contributed by atoms with van der Waals surface area (Å²) in [4.78, 5) is 9.52. The van der Waals surface area contributed by atoms with Crippen LogP contribution in [0, 0.1) is 10.1 Å². The highest BCUT2D eigenvalue weighted by Gasteiger charge is 2.01. The van der Waals surface area contributed by atoms with Crippen molar-refractivity contribution in [2.24, 2.45) is 0 Å². The number of benzene rings is 1. The fraction of sp³-hybridized carbons (Fsp3) is 0.400. The van der Waals surface area contributed by atoms with Gasteiger partial charge in [-0.05, 0) is 26.0 Å². The molecule has 5 heteroatoms. The van der Waals surface area contributed by atoms with Crippen molar-refractivity contribution >= 4 is 5.69 Å². The number of aromatic hydroxyl groups is 1. The largest absolute Gasteiger partial charge is 0.508 e. The van der Waals surface area contributed by atoms with E-state index >= 15 is 0 Å². The van der Waals surface area contributed by atoms with Crippen molar-refractivity contribution in [2.45, 2.75) is 13.8 Å². The SMILES string of the molecule is CCOCC.O=[N+]([O-])c1ccc(O)cc1. The van der Waals surface area contributed by atoms with Crippen molar-refractivity contribution in [3.8, 4) is 5.75 Å². The van der Waals surface area contributed by atoms with Gasteiger partial charge in [-0.2, -0.15) is 0 Å². The highest BCUT2D eigenvalue weighted by atomic mass is 16.6. The van der Waals surface area contributed by atoms with Crippen LogP contribution >= 0.6 is 0 Å². The molecule has 1 aromatic rings. The van der Waals surface area contributed by atoms with Crippen LogP contribution in [0.1, 0.15) is 13.8 Å². The maximum Gasteiger partial charge on any atom is 0.269 e. The molecule has 0 saturated carbocycles. The molecule has 0 spiro atoms. The molecule has 1 N–H and O–H groups in total. The molecule has 0 fully saturated rings. The third kappa shape index (κ3) is 6.45. The molecule has 1 aromatic carbocycles. The minimum atomic E-state index is -0.514. The quantitative estimate of drug-likeness (QED) is 0.617. The highest BCUT2D eigenvalue weighted by molar-refractivity contribution is 5.34. The summed E-state index contributed by atoms with van der Waals surface area (Å²) in [6, 6.07) is 5.04. The third-order valence-electron chi connectivity index (χ3n) is 1.47. The first-order valence-electron chi connectivity index (χ1n) is 4.63. The van der Waals surface area contributed by atoms with Crippen molar-refractivity contribution < 1.29 is 14.8 Å². The summed E-state index contributed by atoms with van der Waals surface area (Å²) in [6.07, 6.45) is 0. The van der Waals surface area contributed by atoms with Crippen molar-refractivity contribution in [3.63, 3.8) is 0 Å². The molecule has 15 heavy (non-hydrogen) atoms. The zero-order valence-electron chi connectivity index (χ0n) is 8.84. The molecular weight excluding hydrogens is 198 g/mol. The normalized spacial score (nSPS) is 8.93. The van der Waals surface area contributed by atoms with Gasteiger partial charge in [-0.1, -0.05) is 0 Å². The summed E-state index contributed by atoms with van der Waals surface area (Å²) in [5.41, 5.74) is -0.0159. The number of hydrogen-bond donors (Lipinski definition) is 1. The van der Waals surface area contributed by atoms with Gasteiger partial charge in [-0.25, -0.2) is 0 Å². The van der Waals surface area contributed by atoms with Gasteiger partial charge in [0.05, 0.1) is 4.92 Å². The lowest BCUT2D eigenvalue weighted by molar-refractivity contribution is -0.384. The van der Waals surface area contributed by atoms with E-state index in [0.717, 1.165) is 13.2 Å². The number of nitrogens with zero attached hydrogens (tertiary/aromatic N) is 1. The minimum Gasteiger partial charge on any atom is -0.508 e. The molecule has 0 amide bonds. The number of hydrogen-bond acceptors (Lipinski definition) is 4. The number of non-ortho nitro benzene ring substituents is 1. The molecule has 84 valence electrons. The lowest BCUT2D eigenvalue weighted by Gasteiger charge is -1.89. The van der Waals surface area contributed by atoms with E-state index in [1.807, 2.05) is 13.8 Å². The summed E-state index contributed by atoms with van der Waals surface area (Å²) >= 11 is 0. The van der Waals surface area contributed by atoms with Gasteiger partial charge in [0.2, 0.25) is 0 Å². The van der Waals surface area contributed by atoms with Crippen molar-refractivity contribution in [3.05, 3.63) is 34.4 Å². The zero-order chi connectivity index (χ0) is 11.7. The minimum absolute atomic E-state index is 0.0159. The maximum atomic E-state index is 10.0. The Kier molecular flexibility index (Phi) is 6.92. The molecular formula is C10H15NO4.